The molecule has 0 N–H and O–H groups in total. The average Bonchev–Trinajstić information content (AvgIpc) is 2.25. The number of carbonyl (C=O) groups is 1. The van der Waals surface area contributed by atoms with Gasteiger partial charge in [-0.05, 0) is 26.8 Å². The molecule has 17 heavy (non-hydrogen) atoms. The Morgan fingerprint density at radius 2 is 1.82 bits per heavy atom. The maximum atomic E-state index is 11.8. The van der Waals surface area contributed by atoms with Crippen LogP contribution in [0.5, 0.6) is 5.75 Å². The van der Waals surface area contributed by atoms with Gasteiger partial charge in [0.05, 0.1) is 12.7 Å². The van der Waals surface area contributed by atoms with Crippen LogP contribution in [0.3, 0.4) is 0 Å². The Morgan fingerprint density at radius 1 is 1.24 bits per heavy atom. The van der Waals surface area contributed by atoms with Crippen LogP contribution in [0.2, 0.25) is 0 Å². The number of hydrogen-bond acceptors (Lipinski definition) is 3. The van der Waals surface area contributed by atoms with Gasteiger partial charge in [-0.1, -0.05) is 24.8 Å². The van der Waals surface area contributed by atoms with Crippen molar-refractivity contribution in [1.29, 1.82) is 0 Å². The number of carbonyl (C=O) groups excluding carboxylic acids is 1. The number of esters is 1. The molecule has 92 valence electrons. The summed E-state index contributed by atoms with van der Waals surface area (Å²) in [5.41, 5.74) is 0.434. The van der Waals surface area contributed by atoms with E-state index in [0.29, 0.717) is 16.9 Å². The Morgan fingerprint density at radius 3 is 2.35 bits per heavy atom. The second-order valence-corrected chi connectivity index (χ2v) is 4.68. The van der Waals surface area contributed by atoms with Crippen molar-refractivity contribution in [2.75, 3.05) is 7.11 Å². The third kappa shape index (κ3) is 3.63. The molecule has 0 amide bonds. The van der Waals surface area contributed by atoms with Gasteiger partial charge >= 0.3 is 5.97 Å². The molecule has 0 fully saturated rings. The number of rotatable bonds is 3. The molecule has 0 aliphatic carbocycles. The van der Waals surface area contributed by atoms with E-state index >= 15 is 0 Å². The molecular weight excluding hydrogens is 216 g/mol. The van der Waals surface area contributed by atoms with Crippen LogP contribution in [0, 0.1) is 0 Å². The number of para-hydroxylation sites is 1. The molecule has 1 aromatic rings. The van der Waals surface area contributed by atoms with Gasteiger partial charge in [0.15, 0.2) is 0 Å². The van der Waals surface area contributed by atoms with Gasteiger partial charge in [-0.15, -0.1) is 0 Å². The summed E-state index contributed by atoms with van der Waals surface area (Å²) in [6.45, 7) is 9.22. The molecule has 0 aliphatic rings. The van der Waals surface area contributed by atoms with E-state index in [1.165, 1.54) is 0 Å². The molecule has 0 radical (unpaired) electrons. The van der Waals surface area contributed by atoms with Crippen molar-refractivity contribution in [2.45, 2.75) is 26.4 Å². The normalized spacial score (nSPS) is 10.8. The first-order valence-corrected chi connectivity index (χ1v) is 5.41. The molecule has 1 aromatic carbocycles. The van der Waals surface area contributed by atoms with Crippen molar-refractivity contribution >= 4 is 11.5 Å². The highest BCUT2D eigenvalue weighted by molar-refractivity contribution is 6.16. The molecule has 0 atom stereocenters. The minimum absolute atomic E-state index is 0.303. The van der Waals surface area contributed by atoms with E-state index in [-0.39, 0.29) is 0 Å². The smallest absolute Gasteiger partial charge is 0.338 e. The van der Waals surface area contributed by atoms with E-state index in [9.17, 15) is 4.79 Å². The van der Waals surface area contributed by atoms with Crippen LogP contribution in [-0.4, -0.2) is 18.7 Å². The Hall–Kier alpha value is -1.77. The van der Waals surface area contributed by atoms with Crippen LogP contribution in [-0.2, 0) is 9.53 Å². The zero-order valence-corrected chi connectivity index (χ0v) is 10.7. The average molecular weight is 234 g/mol. The lowest BCUT2D eigenvalue weighted by atomic mass is 10.1. The summed E-state index contributed by atoms with van der Waals surface area (Å²) in [6.07, 6.45) is 0. The van der Waals surface area contributed by atoms with E-state index in [0.717, 1.165) is 0 Å². The second-order valence-electron chi connectivity index (χ2n) is 4.68. The summed E-state index contributed by atoms with van der Waals surface area (Å²) in [5.74, 6) is 0.186. The van der Waals surface area contributed by atoms with Crippen LogP contribution in [0.4, 0.5) is 0 Å². The van der Waals surface area contributed by atoms with Gasteiger partial charge < -0.3 is 9.47 Å². The molecule has 3 nitrogen and oxygen atoms in total. The Balaban J connectivity index is 2.93. The Bertz CT molecular complexity index is 427. The zero-order chi connectivity index (χ0) is 13.1. The fraction of sp³-hybridized carbons (Fsp3) is 0.357. The first kappa shape index (κ1) is 13.3. The van der Waals surface area contributed by atoms with Gasteiger partial charge in [-0.3, -0.25) is 0 Å². The van der Waals surface area contributed by atoms with Crippen molar-refractivity contribution in [1.82, 2.24) is 0 Å². The van der Waals surface area contributed by atoms with Gasteiger partial charge in [0, 0.05) is 5.56 Å². The summed E-state index contributed by atoms with van der Waals surface area (Å²) in [4.78, 5) is 11.8. The van der Waals surface area contributed by atoms with Crippen molar-refractivity contribution in [2.24, 2.45) is 0 Å². The molecular formula is C14H18O3. The monoisotopic (exact) mass is 234 g/mol. The van der Waals surface area contributed by atoms with E-state index < -0.39 is 11.6 Å². The molecule has 0 spiro atoms. The minimum Gasteiger partial charge on any atom is -0.496 e. The highest BCUT2D eigenvalue weighted by Gasteiger charge is 2.21. The third-order valence-corrected chi connectivity index (χ3v) is 2.08. The fourth-order valence-electron chi connectivity index (χ4n) is 1.34. The Labute approximate surface area is 102 Å². The van der Waals surface area contributed by atoms with Gasteiger partial charge in [-0.2, -0.15) is 0 Å². The predicted octanol–water partition coefficient (Wildman–Crippen LogP) is 3.05. The first-order valence-electron chi connectivity index (χ1n) is 5.41. The van der Waals surface area contributed by atoms with Crippen molar-refractivity contribution in [3.05, 3.63) is 36.4 Å². The van der Waals surface area contributed by atoms with Gasteiger partial charge in [0.1, 0.15) is 11.4 Å². The number of hydrogen-bond donors (Lipinski definition) is 0. The quantitative estimate of drug-likeness (QED) is 0.595. The van der Waals surface area contributed by atoms with E-state index in [1.54, 1.807) is 19.2 Å². The summed E-state index contributed by atoms with van der Waals surface area (Å²) in [6, 6.07) is 7.23. The molecule has 0 saturated heterocycles. The van der Waals surface area contributed by atoms with Crippen molar-refractivity contribution in [3.63, 3.8) is 0 Å². The molecule has 0 heterocycles. The molecule has 0 aromatic heterocycles. The summed E-state index contributed by atoms with van der Waals surface area (Å²) in [5, 5.41) is 0. The van der Waals surface area contributed by atoms with Crippen LogP contribution in [0.15, 0.2) is 30.8 Å². The van der Waals surface area contributed by atoms with Gasteiger partial charge in [-0.25, -0.2) is 4.79 Å². The highest BCUT2D eigenvalue weighted by Crippen LogP contribution is 2.26. The number of ether oxygens (including phenoxy) is 2. The second kappa shape index (κ2) is 5.04. The Kier molecular flexibility index (Phi) is 3.94. The molecule has 0 bridgehead atoms. The molecule has 3 heteroatoms. The molecule has 0 aliphatic heterocycles. The first-order chi connectivity index (χ1) is 7.85. The lowest BCUT2D eigenvalue weighted by Gasteiger charge is -2.20. The maximum Gasteiger partial charge on any atom is 0.338 e. The summed E-state index contributed by atoms with van der Waals surface area (Å²) >= 11 is 0. The predicted molar refractivity (Wildman–Crippen MR) is 67.9 cm³/mol. The van der Waals surface area contributed by atoms with Gasteiger partial charge in [0.25, 0.3) is 0 Å². The van der Waals surface area contributed by atoms with E-state index in [1.807, 2.05) is 32.9 Å². The lowest BCUT2D eigenvalue weighted by Crippen LogP contribution is -2.24. The van der Waals surface area contributed by atoms with Crippen LogP contribution >= 0.6 is 0 Å². The van der Waals surface area contributed by atoms with Crippen LogP contribution < -0.4 is 4.74 Å². The number of benzene rings is 1. The molecule has 0 saturated carbocycles. The van der Waals surface area contributed by atoms with Crippen LogP contribution in [0.1, 0.15) is 26.3 Å². The third-order valence-electron chi connectivity index (χ3n) is 2.08. The summed E-state index contributed by atoms with van der Waals surface area (Å²) < 4.78 is 10.4. The fourth-order valence-corrected chi connectivity index (χ4v) is 1.34. The lowest BCUT2D eigenvalue weighted by molar-refractivity contribution is -0.147. The van der Waals surface area contributed by atoms with E-state index in [4.69, 9.17) is 9.47 Å². The van der Waals surface area contributed by atoms with Gasteiger partial charge in [0.2, 0.25) is 0 Å². The standard InChI is InChI=1S/C14H18O3/c1-10(13(15)17-14(2,3)4)11-8-6-7-9-12(11)16-5/h6-9H,1H2,2-5H3. The van der Waals surface area contributed by atoms with Crippen molar-refractivity contribution in [3.8, 4) is 5.75 Å². The zero-order valence-electron chi connectivity index (χ0n) is 10.7. The van der Waals surface area contributed by atoms with E-state index in [2.05, 4.69) is 6.58 Å². The van der Waals surface area contributed by atoms with Crippen LogP contribution in [0.25, 0.3) is 5.57 Å². The number of methoxy groups -OCH3 is 1. The molecule has 1 rings (SSSR count). The highest BCUT2D eigenvalue weighted by atomic mass is 16.6. The SMILES string of the molecule is C=C(C(=O)OC(C)(C)C)c1ccccc1OC. The summed E-state index contributed by atoms with van der Waals surface area (Å²) in [7, 11) is 1.56. The minimum atomic E-state index is -0.526. The molecule has 0 unspecified atom stereocenters. The maximum absolute atomic E-state index is 11.8. The topological polar surface area (TPSA) is 35.5 Å². The largest absolute Gasteiger partial charge is 0.496 e. The van der Waals surface area contributed by atoms with Crippen molar-refractivity contribution < 1.29 is 14.3 Å².